The minimum Gasteiger partial charge on any atom is -0.497 e. The van der Waals surface area contributed by atoms with E-state index in [-0.39, 0.29) is 5.97 Å². The molecule has 1 unspecified atom stereocenters. The zero-order valence-electron chi connectivity index (χ0n) is 15.2. The van der Waals surface area contributed by atoms with E-state index in [0.717, 1.165) is 28.9 Å². The fraction of sp³-hybridized carbons (Fsp3) is 0.474. The predicted molar refractivity (Wildman–Crippen MR) is 98.1 cm³/mol. The topological polar surface area (TPSA) is 63.7 Å². The van der Waals surface area contributed by atoms with Crippen molar-refractivity contribution in [1.29, 1.82) is 0 Å². The Labute approximate surface area is 148 Å². The highest BCUT2D eigenvalue weighted by molar-refractivity contribution is 5.94. The van der Waals surface area contributed by atoms with Crippen molar-refractivity contribution in [3.8, 4) is 5.75 Å². The van der Waals surface area contributed by atoms with Crippen LogP contribution in [0.3, 0.4) is 0 Å². The Hall–Kier alpha value is -2.34. The predicted octanol–water partition coefficient (Wildman–Crippen LogP) is 2.36. The summed E-state index contributed by atoms with van der Waals surface area (Å²) in [5.74, 6) is 0.517. The van der Waals surface area contributed by atoms with E-state index in [2.05, 4.69) is 15.2 Å². The summed E-state index contributed by atoms with van der Waals surface area (Å²) >= 11 is 0. The lowest BCUT2D eigenvalue weighted by Gasteiger charge is -2.38. The van der Waals surface area contributed by atoms with E-state index >= 15 is 0 Å². The number of aromatic nitrogens is 1. The van der Waals surface area contributed by atoms with Gasteiger partial charge >= 0.3 is 5.97 Å². The summed E-state index contributed by atoms with van der Waals surface area (Å²) in [6.07, 6.45) is 1.77. The van der Waals surface area contributed by atoms with Gasteiger partial charge in [0.05, 0.1) is 18.3 Å². The zero-order valence-corrected chi connectivity index (χ0v) is 15.2. The van der Waals surface area contributed by atoms with Crippen LogP contribution >= 0.6 is 0 Å². The second-order valence-corrected chi connectivity index (χ2v) is 7.17. The van der Waals surface area contributed by atoms with Crippen molar-refractivity contribution < 1.29 is 14.3 Å². The highest BCUT2D eigenvalue weighted by atomic mass is 16.6. The van der Waals surface area contributed by atoms with Gasteiger partial charge in [-0.25, -0.2) is 4.79 Å². The number of hydrogen-bond acceptors (Lipinski definition) is 6. The molecule has 25 heavy (non-hydrogen) atoms. The molecule has 0 amide bonds. The fourth-order valence-electron chi connectivity index (χ4n) is 3.06. The summed E-state index contributed by atoms with van der Waals surface area (Å²) in [5.41, 5.74) is 1.24. The molecule has 1 N–H and O–H groups in total. The van der Waals surface area contributed by atoms with Crippen LogP contribution in [0.4, 0.5) is 5.69 Å². The number of esters is 1. The van der Waals surface area contributed by atoms with Gasteiger partial charge in [0.15, 0.2) is 0 Å². The van der Waals surface area contributed by atoms with Gasteiger partial charge in [0.1, 0.15) is 17.4 Å². The highest BCUT2D eigenvalue weighted by Gasteiger charge is 2.33. The fourth-order valence-corrected chi connectivity index (χ4v) is 3.06. The number of nitrogens with one attached hydrogen (secondary N) is 1. The van der Waals surface area contributed by atoms with Crippen LogP contribution in [0.15, 0.2) is 30.5 Å². The summed E-state index contributed by atoms with van der Waals surface area (Å²) in [7, 11) is 1.64. The average molecular weight is 343 g/mol. The van der Waals surface area contributed by atoms with Crippen LogP contribution in [0.5, 0.6) is 5.75 Å². The lowest BCUT2D eigenvalue weighted by atomic mass is 10.1. The summed E-state index contributed by atoms with van der Waals surface area (Å²) in [4.78, 5) is 19.3. The second-order valence-electron chi connectivity index (χ2n) is 7.17. The van der Waals surface area contributed by atoms with Crippen LogP contribution in [0, 0.1) is 0 Å². The number of pyridine rings is 1. The van der Waals surface area contributed by atoms with Gasteiger partial charge in [0, 0.05) is 37.3 Å². The average Bonchev–Trinajstić information content (AvgIpc) is 2.59. The standard InChI is InChI=1S/C19H25N3O3/c1-19(2,3)25-18(23)16-12-20-8-9-22(16)15-11-14(24-4)10-13-6-5-7-21-17(13)15/h5-7,10-11,16,20H,8-9,12H2,1-4H3. The molecule has 2 aromatic rings. The van der Waals surface area contributed by atoms with Crippen LogP contribution in [0.25, 0.3) is 10.9 Å². The van der Waals surface area contributed by atoms with Crippen molar-refractivity contribution in [2.75, 3.05) is 31.6 Å². The number of piperazine rings is 1. The normalized spacial score (nSPS) is 18.2. The Bertz CT molecular complexity index is 770. The molecule has 1 aliphatic rings. The minimum absolute atomic E-state index is 0.230. The van der Waals surface area contributed by atoms with E-state index < -0.39 is 11.6 Å². The molecule has 0 spiro atoms. The molecule has 1 atom stereocenters. The molecule has 6 nitrogen and oxygen atoms in total. The number of benzene rings is 1. The van der Waals surface area contributed by atoms with Crippen LogP contribution in [0.1, 0.15) is 20.8 Å². The van der Waals surface area contributed by atoms with E-state index in [1.807, 2.05) is 45.0 Å². The van der Waals surface area contributed by atoms with Crippen molar-refractivity contribution in [3.63, 3.8) is 0 Å². The van der Waals surface area contributed by atoms with Crippen LogP contribution in [-0.4, -0.2) is 49.3 Å². The maximum Gasteiger partial charge on any atom is 0.330 e. The van der Waals surface area contributed by atoms with Crippen molar-refractivity contribution >= 4 is 22.6 Å². The molecule has 1 aromatic carbocycles. The Balaban J connectivity index is 2.03. The summed E-state index contributed by atoms with van der Waals surface area (Å²) < 4.78 is 11.1. The van der Waals surface area contributed by atoms with Gasteiger partial charge in [-0.15, -0.1) is 0 Å². The second kappa shape index (κ2) is 6.88. The molecule has 0 aliphatic carbocycles. The Morgan fingerprint density at radius 1 is 1.36 bits per heavy atom. The van der Waals surface area contributed by atoms with Crippen LogP contribution < -0.4 is 15.0 Å². The number of hydrogen-bond donors (Lipinski definition) is 1. The zero-order chi connectivity index (χ0) is 18.0. The monoisotopic (exact) mass is 343 g/mol. The highest BCUT2D eigenvalue weighted by Crippen LogP contribution is 2.32. The maximum atomic E-state index is 12.7. The molecule has 1 aromatic heterocycles. The third kappa shape index (κ3) is 3.85. The maximum absolute atomic E-state index is 12.7. The van der Waals surface area contributed by atoms with E-state index in [1.165, 1.54) is 0 Å². The van der Waals surface area contributed by atoms with E-state index in [1.54, 1.807) is 13.3 Å². The summed E-state index contributed by atoms with van der Waals surface area (Å²) in [6, 6.07) is 7.40. The molecule has 0 radical (unpaired) electrons. The number of fused-ring (bicyclic) bond motifs is 1. The van der Waals surface area contributed by atoms with Crippen molar-refractivity contribution in [3.05, 3.63) is 30.5 Å². The Kier molecular flexibility index (Phi) is 4.81. The number of rotatable bonds is 3. The largest absolute Gasteiger partial charge is 0.497 e. The Morgan fingerprint density at radius 2 is 2.16 bits per heavy atom. The molecular formula is C19H25N3O3. The smallest absolute Gasteiger partial charge is 0.330 e. The first-order valence-corrected chi connectivity index (χ1v) is 8.52. The molecule has 134 valence electrons. The first-order valence-electron chi connectivity index (χ1n) is 8.52. The molecule has 3 rings (SSSR count). The summed E-state index contributed by atoms with van der Waals surface area (Å²) in [5, 5.41) is 4.27. The Morgan fingerprint density at radius 3 is 2.88 bits per heavy atom. The minimum atomic E-state index is -0.519. The van der Waals surface area contributed by atoms with Crippen LogP contribution in [-0.2, 0) is 9.53 Å². The first-order chi connectivity index (χ1) is 11.9. The van der Waals surface area contributed by atoms with Gasteiger partial charge < -0.3 is 19.7 Å². The number of anilines is 1. The van der Waals surface area contributed by atoms with Gasteiger partial charge in [-0.1, -0.05) is 6.07 Å². The van der Waals surface area contributed by atoms with Gasteiger partial charge in [-0.3, -0.25) is 4.98 Å². The van der Waals surface area contributed by atoms with Crippen molar-refractivity contribution in [2.45, 2.75) is 32.4 Å². The van der Waals surface area contributed by atoms with E-state index in [9.17, 15) is 4.79 Å². The molecule has 1 saturated heterocycles. The quantitative estimate of drug-likeness (QED) is 0.863. The number of ether oxygens (including phenoxy) is 2. The molecule has 0 saturated carbocycles. The molecule has 1 aliphatic heterocycles. The number of methoxy groups -OCH3 is 1. The third-order valence-corrected chi connectivity index (χ3v) is 4.13. The van der Waals surface area contributed by atoms with Crippen LogP contribution in [0.2, 0.25) is 0 Å². The van der Waals surface area contributed by atoms with E-state index in [0.29, 0.717) is 13.1 Å². The van der Waals surface area contributed by atoms with Gasteiger partial charge in [0.25, 0.3) is 0 Å². The van der Waals surface area contributed by atoms with Gasteiger partial charge in [-0.2, -0.15) is 0 Å². The number of carbonyl (C=O) groups excluding carboxylic acids is 1. The first kappa shape index (κ1) is 17.5. The number of nitrogens with zero attached hydrogens (tertiary/aromatic N) is 2. The molecule has 2 heterocycles. The van der Waals surface area contributed by atoms with E-state index in [4.69, 9.17) is 9.47 Å². The molecular weight excluding hydrogens is 318 g/mol. The molecule has 6 heteroatoms. The van der Waals surface area contributed by atoms with Crippen molar-refractivity contribution in [2.24, 2.45) is 0 Å². The molecule has 0 bridgehead atoms. The van der Waals surface area contributed by atoms with Gasteiger partial charge in [-0.05, 0) is 32.9 Å². The lowest BCUT2D eigenvalue weighted by molar-refractivity contribution is -0.156. The molecule has 1 fully saturated rings. The summed E-state index contributed by atoms with van der Waals surface area (Å²) in [6.45, 7) is 7.68. The lowest BCUT2D eigenvalue weighted by Crippen LogP contribution is -2.56. The third-order valence-electron chi connectivity index (χ3n) is 4.13. The SMILES string of the molecule is COc1cc(N2CCNCC2C(=O)OC(C)(C)C)c2ncccc2c1. The van der Waals surface area contributed by atoms with Crippen molar-refractivity contribution in [1.82, 2.24) is 10.3 Å². The van der Waals surface area contributed by atoms with Gasteiger partial charge in [0.2, 0.25) is 0 Å². The number of carbonyl (C=O) groups is 1.